The Balaban J connectivity index is 1.58. The van der Waals surface area contributed by atoms with E-state index in [4.69, 9.17) is 5.26 Å². The van der Waals surface area contributed by atoms with Gasteiger partial charge in [-0.25, -0.2) is 8.42 Å². The molecule has 8 nitrogen and oxygen atoms in total. The number of Topliss-reactive ketones (excluding diaryl/α,β-unsaturated/α-hetero) is 1. The van der Waals surface area contributed by atoms with Gasteiger partial charge in [-0.05, 0) is 31.9 Å². The lowest BCUT2D eigenvalue weighted by atomic mass is 10.2. The topological polar surface area (TPSA) is 102 Å². The summed E-state index contributed by atoms with van der Waals surface area (Å²) in [5, 5.41) is 8.91. The average Bonchev–Trinajstić information content (AvgIpc) is 3.53. The number of benzene rings is 1. The average molecular weight is 404 g/mol. The Morgan fingerprint density at radius 1 is 1.14 bits per heavy atom. The molecular formula is C19H24N4O4S. The first-order valence-corrected chi connectivity index (χ1v) is 10.8. The van der Waals surface area contributed by atoms with Crippen molar-refractivity contribution in [2.75, 3.05) is 39.3 Å². The molecule has 1 heterocycles. The minimum Gasteiger partial charge on any atom is -0.339 e. The van der Waals surface area contributed by atoms with Crippen molar-refractivity contribution in [3.8, 4) is 6.07 Å². The van der Waals surface area contributed by atoms with Gasteiger partial charge in [0, 0.05) is 37.8 Å². The molecule has 0 atom stereocenters. The predicted molar refractivity (Wildman–Crippen MR) is 102 cm³/mol. The lowest BCUT2D eigenvalue weighted by molar-refractivity contribution is -0.133. The van der Waals surface area contributed by atoms with Crippen molar-refractivity contribution in [1.82, 2.24) is 14.1 Å². The lowest BCUT2D eigenvalue weighted by Gasteiger charge is -2.35. The highest BCUT2D eigenvalue weighted by atomic mass is 32.2. The number of carbonyl (C=O) groups is 2. The van der Waals surface area contributed by atoms with Crippen molar-refractivity contribution >= 4 is 21.7 Å². The van der Waals surface area contributed by atoms with Gasteiger partial charge < -0.3 is 4.90 Å². The maximum absolute atomic E-state index is 12.8. The van der Waals surface area contributed by atoms with Crippen molar-refractivity contribution < 1.29 is 18.0 Å². The normalized spacial score (nSPS) is 18.1. The van der Waals surface area contributed by atoms with E-state index in [1.54, 1.807) is 4.90 Å². The van der Waals surface area contributed by atoms with Crippen LogP contribution in [0.15, 0.2) is 29.2 Å². The van der Waals surface area contributed by atoms with E-state index in [-0.39, 0.29) is 42.8 Å². The number of carbonyl (C=O) groups excluding carboxylic acids is 2. The summed E-state index contributed by atoms with van der Waals surface area (Å²) in [6.45, 7) is 2.98. The highest BCUT2D eigenvalue weighted by molar-refractivity contribution is 7.89. The van der Waals surface area contributed by atoms with Crippen LogP contribution in [0.1, 0.15) is 30.1 Å². The van der Waals surface area contributed by atoms with Gasteiger partial charge in [0.25, 0.3) is 0 Å². The standard InChI is InChI=1S/C19H24N4O4S/c1-15(24)16-2-6-18(7-3-16)28(26,27)23-12-10-21(11-13-23)19(25)14-22(9-8-20)17-4-5-17/h2-3,6-7,17H,4-5,9-14H2,1H3. The Bertz CT molecular complexity index is 880. The van der Waals surface area contributed by atoms with Gasteiger partial charge in [-0.15, -0.1) is 0 Å². The molecule has 1 aromatic carbocycles. The van der Waals surface area contributed by atoms with Gasteiger partial charge in [0.2, 0.25) is 15.9 Å². The van der Waals surface area contributed by atoms with Crippen LogP contribution in [0.3, 0.4) is 0 Å². The van der Waals surface area contributed by atoms with Crippen LogP contribution in [0.5, 0.6) is 0 Å². The SMILES string of the molecule is CC(=O)c1ccc(S(=O)(=O)N2CCN(C(=O)CN(CC#N)C3CC3)CC2)cc1. The van der Waals surface area contributed by atoms with Crippen LogP contribution in [-0.4, -0.2) is 79.5 Å². The molecule has 150 valence electrons. The third-order valence-corrected chi connectivity index (χ3v) is 7.08. The first-order chi connectivity index (χ1) is 13.3. The fraction of sp³-hybridized carbons (Fsp3) is 0.526. The number of nitrogens with zero attached hydrogens (tertiary/aromatic N) is 4. The number of nitriles is 1. The molecule has 1 amide bonds. The van der Waals surface area contributed by atoms with Crippen molar-refractivity contribution in [3.63, 3.8) is 0 Å². The van der Waals surface area contributed by atoms with Crippen molar-refractivity contribution in [2.24, 2.45) is 0 Å². The fourth-order valence-electron chi connectivity index (χ4n) is 3.31. The van der Waals surface area contributed by atoms with E-state index in [1.807, 2.05) is 4.90 Å². The third kappa shape index (κ3) is 4.58. The first-order valence-electron chi connectivity index (χ1n) is 9.33. The summed E-state index contributed by atoms with van der Waals surface area (Å²) in [5.74, 6) is -0.183. The number of amides is 1. The van der Waals surface area contributed by atoms with Gasteiger partial charge in [-0.1, -0.05) is 12.1 Å². The maximum Gasteiger partial charge on any atom is 0.243 e. The van der Waals surface area contributed by atoms with Crippen LogP contribution in [0, 0.1) is 11.3 Å². The molecule has 9 heteroatoms. The van der Waals surface area contributed by atoms with E-state index >= 15 is 0 Å². The Kier molecular flexibility index (Phi) is 6.13. The number of piperazine rings is 1. The fourth-order valence-corrected chi connectivity index (χ4v) is 4.73. The van der Waals surface area contributed by atoms with E-state index in [2.05, 4.69) is 6.07 Å². The minimum absolute atomic E-state index is 0.0648. The van der Waals surface area contributed by atoms with Gasteiger partial charge >= 0.3 is 0 Å². The number of hydrogen-bond acceptors (Lipinski definition) is 6. The summed E-state index contributed by atoms with van der Waals surface area (Å²) in [6, 6.07) is 8.33. The second kappa shape index (κ2) is 8.39. The highest BCUT2D eigenvalue weighted by Crippen LogP contribution is 2.26. The smallest absolute Gasteiger partial charge is 0.243 e. The minimum atomic E-state index is -3.66. The number of rotatable bonds is 7. The molecule has 0 unspecified atom stereocenters. The molecule has 3 rings (SSSR count). The second-order valence-corrected chi connectivity index (χ2v) is 9.10. The van der Waals surface area contributed by atoms with Crippen LogP contribution in [0.4, 0.5) is 0 Å². The molecule has 0 bridgehead atoms. The van der Waals surface area contributed by atoms with Gasteiger partial charge in [0.1, 0.15) is 0 Å². The molecular weight excluding hydrogens is 380 g/mol. The van der Waals surface area contributed by atoms with Gasteiger partial charge in [-0.3, -0.25) is 14.5 Å². The van der Waals surface area contributed by atoms with Crippen molar-refractivity contribution in [2.45, 2.75) is 30.7 Å². The molecule has 0 radical (unpaired) electrons. The van der Waals surface area contributed by atoms with Crippen LogP contribution in [0.2, 0.25) is 0 Å². The Labute approximate surface area is 165 Å². The lowest BCUT2D eigenvalue weighted by Crippen LogP contribution is -2.52. The zero-order valence-corrected chi connectivity index (χ0v) is 16.7. The van der Waals surface area contributed by atoms with E-state index in [0.717, 1.165) is 12.8 Å². The molecule has 1 saturated carbocycles. The van der Waals surface area contributed by atoms with Crippen LogP contribution in [-0.2, 0) is 14.8 Å². The molecule has 0 N–H and O–H groups in total. The Hall–Kier alpha value is -2.28. The number of ketones is 1. The summed E-state index contributed by atoms with van der Waals surface area (Å²) in [4.78, 5) is 27.6. The Morgan fingerprint density at radius 2 is 1.75 bits per heavy atom. The second-order valence-electron chi connectivity index (χ2n) is 7.16. The Morgan fingerprint density at radius 3 is 2.25 bits per heavy atom. The molecule has 1 aliphatic heterocycles. The molecule has 1 aromatic rings. The molecule has 0 spiro atoms. The number of hydrogen-bond donors (Lipinski definition) is 0. The third-order valence-electron chi connectivity index (χ3n) is 5.17. The molecule has 28 heavy (non-hydrogen) atoms. The maximum atomic E-state index is 12.8. The summed E-state index contributed by atoms with van der Waals surface area (Å²) in [5.41, 5.74) is 0.465. The van der Waals surface area contributed by atoms with E-state index < -0.39 is 10.0 Å². The molecule has 1 saturated heterocycles. The zero-order valence-electron chi connectivity index (χ0n) is 15.9. The zero-order chi connectivity index (χ0) is 20.3. The van der Waals surface area contributed by atoms with E-state index in [1.165, 1.54) is 35.5 Å². The van der Waals surface area contributed by atoms with Gasteiger partial charge in [-0.2, -0.15) is 9.57 Å². The van der Waals surface area contributed by atoms with Crippen LogP contribution >= 0.6 is 0 Å². The predicted octanol–water partition coefficient (Wildman–Crippen LogP) is 0.710. The number of sulfonamides is 1. The first kappa shape index (κ1) is 20.5. The van der Waals surface area contributed by atoms with E-state index in [0.29, 0.717) is 24.7 Å². The molecule has 2 fully saturated rings. The molecule has 1 aliphatic carbocycles. The van der Waals surface area contributed by atoms with Crippen LogP contribution < -0.4 is 0 Å². The quantitative estimate of drug-likeness (QED) is 0.490. The van der Waals surface area contributed by atoms with Crippen LogP contribution in [0.25, 0.3) is 0 Å². The van der Waals surface area contributed by atoms with E-state index in [9.17, 15) is 18.0 Å². The summed E-state index contributed by atoms with van der Waals surface area (Å²) in [7, 11) is -3.66. The summed E-state index contributed by atoms with van der Waals surface area (Å²) in [6.07, 6.45) is 2.03. The monoisotopic (exact) mass is 404 g/mol. The molecule has 2 aliphatic rings. The summed E-state index contributed by atoms with van der Waals surface area (Å²) < 4.78 is 27.0. The van der Waals surface area contributed by atoms with Gasteiger partial charge in [0.05, 0.1) is 24.1 Å². The van der Waals surface area contributed by atoms with Crippen molar-refractivity contribution in [1.29, 1.82) is 5.26 Å². The highest BCUT2D eigenvalue weighted by Gasteiger charge is 2.33. The summed E-state index contributed by atoms with van der Waals surface area (Å²) >= 11 is 0. The van der Waals surface area contributed by atoms with Crippen molar-refractivity contribution in [3.05, 3.63) is 29.8 Å². The largest absolute Gasteiger partial charge is 0.339 e. The van der Waals surface area contributed by atoms with Gasteiger partial charge in [0.15, 0.2) is 5.78 Å². The molecule has 0 aromatic heterocycles.